The molecule has 0 saturated carbocycles. The number of phenolic OH excluding ortho intramolecular Hbond substituents is 1. The molecule has 2 aromatic rings. The predicted molar refractivity (Wildman–Crippen MR) is 99.8 cm³/mol. The fraction of sp³-hybridized carbons (Fsp3) is 0.368. The zero-order chi connectivity index (χ0) is 19.1. The number of aromatic hydroxyl groups is 1. The molecule has 0 saturated heterocycles. The van der Waals surface area contributed by atoms with E-state index < -0.39 is 17.7 Å². The van der Waals surface area contributed by atoms with Gasteiger partial charge in [0.2, 0.25) is 0 Å². The Morgan fingerprint density at radius 1 is 1.42 bits per heavy atom. The number of carbonyl (C=O) groups is 1. The third-order valence-electron chi connectivity index (χ3n) is 4.32. The molecule has 1 aliphatic rings. The van der Waals surface area contributed by atoms with Crippen LogP contribution in [-0.2, 0) is 16.0 Å². The summed E-state index contributed by atoms with van der Waals surface area (Å²) in [6.45, 7) is 5.28. The summed E-state index contributed by atoms with van der Waals surface area (Å²) in [5.74, 6) is 0.187. The molecular weight excluding hydrogens is 356 g/mol. The van der Waals surface area contributed by atoms with Gasteiger partial charge in [-0.2, -0.15) is 0 Å². The quantitative estimate of drug-likeness (QED) is 0.650. The third-order valence-corrected chi connectivity index (χ3v) is 4.73. The first-order chi connectivity index (χ1) is 12.2. The van der Waals surface area contributed by atoms with E-state index in [-0.39, 0.29) is 28.6 Å². The first kappa shape index (κ1) is 18.4. The third kappa shape index (κ3) is 3.31. The minimum Gasteiger partial charge on any atom is -0.507 e. The van der Waals surface area contributed by atoms with Crippen LogP contribution in [0.3, 0.4) is 0 Å². The zero-order valence-electron chi connectivity index (χ0n) is 15.0. The number of hydrogen-bond acceptors (Lipinski definition) is 7. The van der Waals surface area contributed by atoms with Gasteiger partial charge in [-0.05, 0) is 32.4 Å². The Kier molecular flexibility index (Phi) is 4.75. The van der Waals surface area contributed by atoms with Gasteiger partial charge in [0.05, 0.1) is 0 Å². The van der Waals surface area contributed by atoms with Crippen molar-refractivity contribution in [2.75, 3.05) is 6.26 Å². The lowest BCUT2D eigenvalue weighted by Gasteiger charge is -2.39. The van der Waals surface area contributed by atoms with Gasteiger partial charge in [-0.15, -0.1) is 11.8 Å². The molecule has 0 aliphatic carbocycles. The van der Waals surface area contributed by atoms with Crippen molar-refractivity contribution < 1.29 is 23.8 Å². The Hall–Kier alpha value is -2.41. The Labute approximate surface area is 154 Å². The minimum absolute atomic E-state index is 0.102. The molecule has 0 bridgehead atoms. The van der Waals surface area contributed by atoms with Gasteiger partial charge < -0.3 is 19.0 Å². The van der Waals surface area contributed by atoms with Crippen LogP contribution in [0, 0.1) is 6.92 Å². The molecule has 3 rings (SSSR count). The van der Waals surface area contributed by atoms with Crippen LogP contribution < -0.4 is 10.2 Å². The molecule has 2 heterocycles. The van der Waals surface area contributed by atoms with Gasteiger partial charge >= 0.3 is 5.97 Å². The fourth-order valence-corrected chi connectivity index (χ4v) is 3.24. The van der Waals surface area contributed by atoms with Gasteiger partial charge in [0.25, 0.3) is 0 Å². The van der Waals surface area contributed by atoms with E-state index in [0.717, 1.165) is 0 Å². The fourth-order valence-electron chi connectivity index (χ4n) is 3.00. The summed E-state index contributed by atoms with van der Waals surface area (Å²) in [5, 5.41) is 12.4. The topological polar surface area (TPSA) is 86.0 Å². The highest BCUT2D eigenvalue weighted by Crippen LogP contribution is 2.42. The summed E-state index contributed by atoms with van der Waals surface area (Å²) in [7, 11) is 0. The molecule has 1 unspecified atom stereocenters. The molecule has 7 heteroatoms. The Balaban J connectivity index is 2.05. The monoisotopic (exact) mass is 376 g/mol. The molecule has 1 aliphatic heterocycles. The molecule has 138 valence electrons. The minimum atomic E-state index is -0.805. The summed E-state index contributed by atoms with van der Waals surface area (Å²) < 4.78 is 17.0. The predicted octanol–water partition coefficient (Wildman–Crippen LogP) is 3.31. The maximum absolute atomic E-state index is 12.3. The SMILES string of the molecule is CS/C=C\C(=O)OC1Cc2c(cc3oc(C)cc(=O)c3c2O)OC1(C)C. The summed E-state index contributed by atoms with van der Waals surface area (Å²) in [6.07, 6.45) is 2.80. The average Bonchev–Trinajstić information content (AvgIpc) is 2.53. The van der Waals surface area contributed by atoms with Crippen LogP contribution in [0.2, 0.25) is 0 Å². The Bertz CT molecular complexity index is 957. The van der Waals surface area contributed by atoms with Gasteiger partial charge in [0.1, 0.15) is 39.9 Å². The second-order valence-electron chi connectivity index (χ2n) is 6.67. The number of carbonyl (C=O) groups excluding carboxylic acids is 1. The summed E-state index contributed by atoms with van der Waals surface area (Å²) in [6, 6.07) is 2.93. The van der Waals surface area contributed by atoms with Gasteiger partial charge in [-0.3, -0.25) is 4.79 Å². The highest BCUT2D eigenvalue weighted by molar-refractivity contribution is 8.01. The van der Waals surface area contributed by atoms with E-state index in [1.807, 2.05) is 6.26 Å². The molecule has 0 spiro atoms. The van der Waals surface area contributed by atoms with Crippen LogP contribution >= 0.6 is 11.8 Å². The Morgan fingerprint density at radius 2 is 2.15 bits per heavy atom. The first-order valence-electron chi connectivity index (χ1n) is 8.11. The molecule has 0 amide bonds. The molecule has 6 nitrogen and oxygen atoms in total. The Morgan fingerprint density at radius 3 is 2.85 bits per heavy atom. The molecule has 26 heavy (non-hydrogen) atoms. The van der Waals surface area contributed by atoms with E-state index in [1.54, 1.807) is 32.2 Å². The normalized spacial score (nSPS) is 18.5. The van der Waals surface area contributed by atoms with E-state index in [4.69, 9.17) is 13.9 Å². The van der Waals surface area contributed by atoms with Gasteiger partial charge in [0.15, 0.2) is 5.43 Å². The largest absolute Gasteiger partial charge is 0.507 e. The highest BCUT2D eigenvalue weighted by atomic mass is 32.2. The number of rotatable bonds is 3. The van der Waals surface area contributed by atoms with Gasteiger partial charge in [-0.1, -0.05) is 0 Å². The number of thioether (sulfide) groups is 1. The number of benzene rings is 1. The first-order valence-corrected chi connectivity index (χ1v) is 9.40. The lowest BCUT2D eigenvalue weighted by molar-refractivity contribution is -0.155. The molecule has 1 N–H and O–H groups in total. The second kappa shape index (κ2) is 6.72. The van der Waals surface area contributed by atoms with E-state index in [0.29, 0.717) is 17.1 Å². The lowest BCUT2D eigenvalue weighted by atomic mass is 9.89. The summed E-state index contributed by atoms with van der Waals surface area (Å²) in [4.78, 5) is 24.2. The maximum Gasteiger partial charge on any atom is 0.331 e. The molecule has 0 fully saturated rings. The number of phenols is 1. The van der Waals surface area contributed by atoms with Crippen LogP contribution in [-0.4, -0.2) is 29.0 Å². The number of ether oxygens (including phenoxy) is 2. The van der Waals surface area contributed by atoms with Crippen molar-refractivity contribution in [2.45, 2.75) is 38.9 Å². The van der Waals surface area contributed by atoms with E-state index in [9.17, 15) is 14.7 Å². The van der Waals surface area contributed by atoms with Crippen LogP contribution in [0.4, 0.5) is 0 Å². The molecular formula is C19H20O6S. The van der Waals surface area contributed by atoms with E-state index in [2.05, 4.69) is 0 Å². The lowest BCUT2D eigenvalue weighted by Crippen LogP contribution is -2.48. The van der Waals surface area contributed by atoms with Gasteiger partial charge in [-0.25, -0.2) is 4.79 Å². The maximum atomic E-state index is 12.3. The highest BCUT2D eigenvalue weighted by Gasteiger charge is 2.41. The van der Waals surface area contributed by atoms with Crippen molar-refractivity contribution in [3.05, 3.63) is 45.2 Å². The molecule has 0 radical (unpaired) electrons. The van der Waals surface area contributed by atoms with Crippen molar-refractivity contribution in [1.29, 1.82) is 0 Å². The van der Waals surface area contributed by atoms with Crippen molar-refractivity contribution in [3.8, 4) is 11.5 Å². The van der Waals surface area contributed by atoms with Crippen LogP contribution in [0.25, 0.3) is 11.0 Å². The van der Waals surface area contributed by atoms with E-state index >= 15 is 0 Å². The van der Waals surface area contributed by atoms with Crippen molar-refractivity contribution in [1.82, 2.24) is 0 Å². The number of esters is 1. The zero-order valence-corrected chi connectivity index (χ0v) is 15.8. The molecule has 1 aromatic carbocycles. The standard InChI is InChI=1S/C19H20O6S/c1-10-7-12(20)17-14(23-10)9-13-11(18(17)22)8-15(19(2,3)25-13)24-16(21)5-6-26-4/h5-7,9,15,22H,8H2,1-4H3/b6-5-. The van der Waals surface area contributed by atoms with Crippen LogP contribution in [0.15, 0.2) is 32.8 Å². The average molecular weight is 376 g/mol. The second-order valence-corrected chi connectivity index (χ2v) is 7.41. The van der Waals surface area contributed by atoms with Crippen LogP contribution in [0.5, 0.6) is 11.5 Å². The molecule has 1 atom stereocenters. The van der Waals surface area contributed by atoms with E-state index in [1.165, 1.54) is 23.9 Å². The smallest absolute Gasteiger partial charge is 0.331 e. The number of hydrogen-bond donors (Lipinski definition) is 1. The molecule has 1 aromatic heterocycles. The number of aryl methyl sites for hydroxylation is 1. The van der Waals surface area contributed by atoms with Crippen LogP contribution in [0.1, 0.15) is 25.2 Å². The summed E-state index contributed by atoms with van der Waals surface area (Å²) >= 11 is 1.39. The van der Waals surface area contributed by atoms with Crippen molar-refractivity contribution >= 4 is 28.7 Å². The summed E-state index contributed by atoms with van der Waals surface area (Å²) in [5.41, 5.74) is -0.439. The van der Waals surface area contributed by atoms with Crippen molar-refractivity contribution in [2.24, 2.45) is 0 Å². The number of fused-ring (bicyclic) bond motifs is 2. The van der Waals surface area contributed by atoms with Gasteiger partial charge in [0, 0.05) is 30.2 Å². The van der Waals surface area contributed by atoms with Crippen molar-refractivity contribution in [3.63, 3.8) is 0 Å².